The number of rotatable bonds is 1. The summed E-state index contributed by atoms with van der Waals surface area (Å²) in [5.41, 5.74) is 0. The van der Waals surface area contributed by atoms with E-state index in [1.165, 1.54) is 58.5 Å². The number of carbonyl (C=O) groups excluding carboxylic acids is 1. The summed E-state index contributed by atoms with van der Waals surface area (Å²) in [7, 11) is 1.31. The Labute approximate surface area is 100 Å². The summed E-state index contributed by atoms with van der Waals surface area (Å²) in [6.07, 6.45) is 13.0. The third kappa shape index (κ3) is 9.75. The Hall–Kier alpha value is -0.790. The largest absolute Gasteiger partial charge is 0.466 e. The van der Waals surface area contributed by atoms with Gasteiger partial charge in [-0.3, -0.25) is 0 Å². The number of carbonyl (C=O) groups is 1. The third-order valence-corrected chi connectivity index (χ3v) is 3.01. The minimum Gasteiger partial charge on any atom is -0.466 e. The molecule has 1 saturated carbocycles. The number of ether oxygens (including phenoxy) is 1. The molecule has 0 N–H and O–H groups in total. The normalized spacial score (nSPS) is 18.1. The van der Waals surface area contributed by atoms with Crippen LogP contribution in [0.5, 0.6) is 0 Å². The van der Waals surface area contributed by atoms with Gasteiger partial charge in [0.1, 0.15) is 0 Å². The van der Waals surface area contributed by atoms with E-state index in [4.69, 9.17) is 0 Å². The van der Waals surface area contributed by atoms with Crippen LogP contribution >= 0.6 is 0 Å². The summed E-state index contributed by atoms with van der Waals surface area (Å²) in [5.74, 6) is 0.619. The molecule has 1 aliphatic carbocycles. The SMILES string of the molecule is C=CC(=O)OC.CC1CCCCCCCC1. The van der Waals surface area contributed by atoms with Crippen LogP contribution in [0.1, 0.15) is 58.3 Å². The van der Waals surface area contributed by atoms with E-state index in [0.29, 0.717) is 0 Å². The monoisotopic (exact) mass is 226 g/mol. The van der Waals surface area contributed by atoms with Gasteiger partial charge in [-0.2, -0.15) is 0 Å². The summed E-state index contributed by atoms with van der Waals surface area (Å²) >= 11 is 0. The fraction of sp³-hybridized carbons (Fsp3) is 0.786. The van der Waals surface area contributed by atoms with Gasteiger partial charge in [0, 0.05) is 6.08 Å². The summed E-state index contributed by atoms with van der Waals surface area (Å²) in [5, 5.41) is 0. The lowest BCUT2D eigenvalue weighted by atomic mass is 10.00. The van der Waals surface area contributed by atoms with E-state index < -0.39 is 5.97 Å². The van der Waals surface area contributed by atoms with Gasteiger partial charge in [-0.25, -0.2) is 4.79 Å². The first kappa shape index (κ1) is 15.2. The minimum absolute atomic E-state index is 0.394. The number of hydrogen-bond donors (Lipinski definition) is 0. The average molecular weight is 226 g/mol. The Morgan fingerprint density at radius 3 is 1.88 bits per heavy atom. The standard InChI is InChI=1S/C10H20.C4H6O2/c1-10-8-6-4-2-3-5-7-9-10;1-3-4(5)6-2/h10H,2-9H2,1H3;3H,1H2,2H3. The maximum Gasteiger partial charge on any atom is 0.329 e. The van der Waals surface area contributed by atoms with Crippen molar-refractivity contribution in [3.63, 3.8) is 0 Å². The molecule has 0 spiro atoms. The van der Waals surface area contributed by atoms with Gasteiger partial charge in [-0.1, -0.05) is 64.9 Å². The lowest BCUT2D eigenvalue weighted by molar-refractivity contribution is -0.134. The first-order chi connectivity index (χ1) is 7.70. The van der Waals surface area contributed by atoms with Crippen molar-refractivity contribution in [2.75, 3.05) is 7.11 Å². The molecule has 16 heavy (non-hydrogen) atoms. The van der Waals surface area contributed by atoms with Crippen LogP contribution in [0.3, 0.4) is 0 Å². The summed E-state index contributed by atoms with van der Waals surface area (Å²) in [6.45, 7) is 5.56. The van der Waals surface area contributed by atoms with Gasteiger partial charge < -0.3 is 4.74 Å². The van der Waals surface area contributed by atoms with Crippen molar-refractivity contribution in [2.45, 2.75) is 58.3 Å². The number of methoxy groups -OCH3 is 1. The zero-order valence-corrected chi connectivity index (χ0v) is 10.8. The average Bonchev–Trinajstić information content (AvgIpc) is 2.43. The van der Waals surface area contributed by atoms with E-state index in [1.54, 1.807) is 0 Å². The van der Waals surface area contributed by atoms with E-state index in [2.05, 4.69) is 18.2 Å². The molecule has 0 radical (unpaired) electrons. The van der Waals surface area contributed by atoms with Gasteiger partial charge >= 0.3 is 5.97 Å². The predicted molar refractivity (Wildman–Crippen MR) is 68.3 cm³/mol. The van der Waals surface area contributed by atoms with Crippen LogP contribution in [0.4, 0.5) is 0 Å². The molecule has 94 valence electrons. The van der Waals surface area contributed by atoms with Crippen LogP contribution in [-0.2, 0) is 9.53 Å². The highest BCUT2D eigenvalue weighted by Gasteiger charge is 2.03. The molecule has 0 aromatic carbocycles. The van der Waals surface area contributed by atoms with Gasteiger partial charge in [-0.05, 0) is 5.92 Å². The maximum atomic E-state index is 9.84. The molecule has 0 aromatic rings. The first-order valence-electron chi connectivity index (χ1n) is 6.41. The summed E-state index contributed by atoms with van der Waals surface area (Å²) in [4.78, 5) is 9.84. The first-order valence-corrected chi connectivity index (χ1v) is 6.41. The molecular formula is C14H26O2. The van der Waals surface area contributed by atoms with Gasteiger partial charge in [0.15, 0.2) is 0 Å². The van der Waals surface area contributed by atoms with Crippen molar-refractivity contribution in [1.82, 2.24) is 0 Å². The van der Waals surface area contributed by atoms with Crippen LogP contribution < -0.4 is 0 Å². The maximum absolute atomic E-state index is 9.84. The molecule has 0 aromatic heterocycles. The van der Waals surface area contributed by atoms with E-state index >= 15 is 0 Å². The molecule has 0 amide bonds. The lowest BCUT2D eigenvalue weighted by Gasteiger charge is -2.07. The highest BCUT2D eigenvalue weighted by atomic mass is 16.5. The molecule has 0 aliphatic heterocycles. The van der Waals surface area contributed by atoms with Gasteiger partial charge in [0.25, 0.3) is 0 Å². The molecule has 0 bridgehead atoms. The molecule has 2 nitrogen and oxygen atoms in total. The molecular weight excluding hydrogens is 200 g/mol. The molecule has 1 aliphatic rings. The molecule has 0 atom stereocenters. The lowest BCUT2D eigenvalue weighted by Crippen LogP contribution is -1.92. The Morgan fingerprint density at radius 1 is 1.12 bits per heavy atom. The van der Waals surface area contributed by atoms with Crippen molar-refractivity contribution in [1.29, 1.82) is 0 Å². The van der Waals surface area contributed by atoms with Crippen molar-refractivity contribution >= 4 is 5.97 Å². The van der Waals surface area contributed by atoms with Crippen molar-refractivity contribution in [2.24, 2.45) is 5.92 Å². The second-order valence-electron chi connectivity index (χ2n) is 4.53. The molecule has 2 heteroatoms. The number of hydrogen-bond acceptors (Lipinski definition) is 2. The zero-order chi connectivity index (χ0) is 12.2. The van der Waals surface area contributed by atoms with Gasteiger partial charge in [0.05, 0.1) is 7.11 Å². The predicted octanol–water partition coefficient (Wildman–Crippen LogP) is 4.10. The molecule has 0 heterocycles. The minimum atomic E-state index is -0.394. The second-order valence-corrected chi connectivity index (χ2v) is 4.53. The third-order valence-electron chi connectivity index (χ3n) is 3.01. The Balaban J connectivity index is 0.000000325. The Bertz CT molecular complexity index is 177. The second kappa shape index (κ2) is 10.7. The highest BCUT2D eigenvalue weighted by Crippen LogP contribution is 2.20. The van der Waals surface area contributed by atoms with Crippen LogP contribution in [0.2, 0.25) is 0 Å². The van der Waals surface area contributed by atoms with E-state index in [1.807, 2.05) is 0 Å². The molecule has 0 saturated heterocycles. The summed E-state index contributed by atoms with van der Waals surface area (Å²) < 4.78 is 4.14. The van der Waals surface area contributed by atoms with Crippen molar-refractivity contribution in [3.8, 4) is 0 Å². The smallest absolute Gasteiger partial charge is 0.329 e. The topological polar surface area (TPSA) is 26.3 Å². The Morgan fingerprint density at radius 2 is 1.56 bits per heavy atom. The zero-order valence-electron chi connectivity index (χ0n) is 10.8. The van der Waals surface area contributed by atoms with Crippen LogP contribution in [0.25, 0.3) is 0 Å². The molecule has 1 fully saturated rings. The van der Waals surface area contributed by atoms with Crippen molar-refractivity contribution < 1.29 is 9.53 Å². The van der Waals surface area contributed by atoms with Crippen LogP contribution in [0, 0.1) is 5.92 Å². The van der Waals surface area contributed by atoms with Gasteiger partial charge in [-0.15, -0.1) is 0 Å². The highest BCUT2D eigenvalue weighted by molar-refractivity contribution is 5.80. The molecule has 0 unspecified atom stereocenters. The fourth-order valence-electron chi connectivity index (χ4n) is 1.92. The van der Waals surface area contributed by atoms with Gasteiger partial charge in [0.2, 0.25) is 0 Å². The fourth-order valence-corrected chi connectivity index (χ4v) is 1.92. The van der Waals surface area contributed by atoms with E-state index in [0.717, 1.165) is 12.0 Å². The summed E-state index contributed by atoms with van der Waals surface area (Å²) in [6, 6.07) is 0. The quantitative estimate of drug-likeness (QED) is 0.497. The van der Waals surface area contributed by atoms with E-state index in [-0.39, 0.29) is 0 Å². The number of esters is 1. The van der Waals surface area contributed by atoms with Crippen LogP contribution in [0.15, 0.2) is 12.7 Å². The molecule has 1 rings (SSSR count). The van der Waals surface area contributed by atoms with E-state index in [9.17, 15) is 4.79 Å². The van der Waals surface area contributed by atoms with Crippen molar-refractivity contribution in [3.05, 3.63) is 12.7 Å². The van der Waals surface area contributed by atoms with Crippen LogP contribution in [-0.4, -0.2) is 13.1 Å². The Kier molecular flexibility index (Phi) is 10.2.